The first kappa shape index (κ1) is 17.4. The van der Waals surface area contributed by atoms with Crippen molar-refractivity contribution in [2.24, 2.45) is 0 Å². The molecule has 4 heteroatoms. The predicted molar refractivity (Wildman–Crippen MR) is 0.686 cm³/mol. The van der Waals surface area contributed by atoms with E-state index in [0.29, 0.717) is 0 Å². The van der Waals surface area contributed by atoms with Crippen molar-refractivity contribution in [2.45, 2.75) is 0 Å². The second-order valence-corrected chi connectivity index (χ2v) is 0. The molecule has 0 N–H and O–H groups in total. The van der Waals surface area contributed by atoms with Crippen LogP contribution >= 0.6 is 0 Å². The first-order valence-electron chi connectivity index (χ1n) is 0.204. The fraction of sp³-hybridized carbons (Fsp3) is 0. The first-order chi connectivity index (χ1) is 1.00. The van der Waals surface area contributed by atoms with Crippen LogP contribution in [0, 0.1) is 0 Å². The summed E-state index contributed by atoms with van der Waals surface area (Å²) in [6.45, 7) is 0. The van der Waals surface area contributed by atoms with Crippen LogP contribution < -0.4 is 0 Å². The molecule has 1 nitrogen and oxygen atoms in total. The molecule has 0 amide bonds. The van der Waals surface area contributed by atoms with Crippen LogP contribution in [0.1, 0.15) is 0 Å². The van der Waals surface area contributed by atoms with Crippen molar-refractivity contribution in [2.75, 3.05) is 0 Å². The van der Waals surface area contributed by atoms with Gasteiger partial charge in [0, 0.05) is 36.5 Å². The van der Waals surface area contributed by atoms with Crippen molar-refractivity contribution < 1.29 is 60.3 Å². The summed E-state index contributed by atoms with van der Waals surface area (Å²) in [6.07, 6.45) is 0. The van der Waals surface area contributed by atoms with Gasteiger partial charge in [-0.25, -0.2) is 0 Å². The summed E-state index contributed by atoms with van der Waals surface area (Å²) < 4.78 is 8.25. The quantitative estimate of drug-likeness (QED) is 0.489. The van der Waals surface area contributed by atoms with E-state index in [-0.39, 0.29) is 36.5 Å². The van der Waals surface area contributed by atoms with Gasteiger partial charge in [-0.15, -0.1) is 0 Å². The molecule has 0 fully saturated rings. The Morgan fingerprint density at radius 2 is 1.25 bits per heavy atom. The van der Waals surface area contributed by atoms with E-state index >= 15 is 0 Å². The van der Waals surface area contributed by atoms with Crippen LogP contribution in [0.15, 0.2) is 0 Å². The molecule has 0 aliphatic heterocycles. The van der Waals surface area contributed by atoms with Gasteiger partial charge in [0.2, 0.25) is 0 Å². The van der Waals surface area contributed by atoms with Gasteiger partial charge in [-0.1, -0.05) is 0 Å². The molecule has 0 saturated heterocycles. The maximum Gasteiger partial charge on any atom is 0 e. The third-order valence-corrected chi connectivity index (χ3v) is 0. The van der Waals surface area contributed by atoms with E-state index in [1.165, 1.54) is 0 Å². The molecule has 0 aliphatic rings. The Morgan fingerprint density at radius 3 is 1.25 bits per heavy atom. The van der Waals surface area contributed by atoms with Gasteiger partial charge in [-0.05, 0) is 0 Å². The normalized spacial score (nSPS) is 0.750. The van der Waals surface area contributed by atoms with Gasteiger partial charge in [0.05, 0.1) is 0 Å². The molecule has 0 aromatic heterocycles. The van der Waals surface area contributed by atoms with Gasteiger partial charge < -0.3 is 0 Å². The van der Waals surface area contributed by atoms with E-state index in [9.17, 15) is 0 Å². The van der Waals surface area contributed by atoms with E-state index < -0.39 is 0 Å². The smallest absolute Gasteiger partial charge is 0 e. The minimum atomic E-state index is 0. The van der Waals surface area contributed by atoms with Crippen molar-refractivity contribution in [1.82, 2.24) is 0 Å². The zero-order valence-corrected chi connectivity index (χ0v) is 7.39. The predicted octanol–water partition coefficient (Wildman–Crippen LogP) is -0.126. The third-order valence-electron chi connectivity index (χ3n) is 0. The Bertz CT molecular complexity index is 8.00. The molecule has 0 aromatic carbocycles. The zero-order valence-electron chi connectivity index (χ0n) is 1.92. The molecule has 1 radical (unpaired) electrons. The van der Waals surface area contributed by atoms with Crippen LogP contribution in [-0.4, -0.2) is 0 Å². The Labute approximate surface area is 59.9 Å². The molecule has 0 unspecified atom stereocenters. The zero-order chi connectivity index (χ0) is 2.00. The van der Waals surface area contributed by atoms with E-state index in [2.05, 4.69) is 0 Å². The molecule has 0 spiro atoms. The van der Waals surface area contributed by atoms with Crippen LogP contribution in [0.25, 0.3) is 0 Å². The Hall–Kier alpha value is 1.66. The first-order valence-corrected chi connectivity index (χ1v) is 0.842. The summed E-state index contributed by atoms with van der Waals surface area (Å²) in [5.74, 6) is 0. The molecule has 0 aromatic rings. The third kappa shape index (κ3) is 9.40. The molecular weight excluding hydrogens is 193 g/mol. The standard InChI is InChI=1S/Cu.O.Ti.Zn. The van der Waals surface area contributed by atoms with Crippen LogP contribution in [0.5, 0.6) is 0 Å². The van der Waals surface area contributed by atoms with Crippen LogP contribution in [0.3, 0.4) is 0 Å². The Kier molecular flexibility index (Phi) is 98.5. The molecular formula is CuOTiZn. The minimum absolute atomic E-state index is 0. The maximum absolute atomic E-state index is 8.25. The fourth-order valence-corrected chi connectivity index (χ4v) is 0. The summed E-state index contributed by atoms with van der Waals surface area (Å²) in [5.41, 5.74) is 0. The van der Waals surface area contributed by atoms with Gasteiger partial charge in [-0.3, -0.25) is 0 Å². The summed E-state index contributed by atoms with van der Waals surface area (Å²) in [6, 6.07) is 0. The van der Waals surface area contributed by atoms with E-state index in [0.717, 1.165) is 20.4 Å². The summed E-state index contributed by atoms with van der Waals surface area (Å²) in [4.78, 5) is 0. The van der Waals surface area contributed by atoms with Gasteiger partial charge >= 0.3 is 23.7 Å². The van der Waals surface area contributed by atoms with Gasteiger partial charge in [0.1, 0.15) is 0 Å². The number of rotatable bonds is 0. The number of hydrogen-bond donors (Lipinski definition) is 0. The van der Waals surface area contributed by atoms with Crippen molar-refractivity contribution in [3.05, 3.63) is 0 Å². The number of hydrogen-bond acceptors (Lipinski definition) is 1. The molecule has 0 rings (SSSR count). The molecule has 0 aliphatic carbocycles. The van der Waals surface area contributed by atoms with Gasteiger partial charge in [0.25, 0.3) is 0 Å². The van der Waals surface area contributed by atoms with Crippen molar-refractivity contribution in [3.63, 3.8) is 0 Å². The van der Waals surface area contributed by atoms with Crippen molar-refractivity contribution >= 4 is 0 Å². The largest absolute Gasteiger partial charge is 0 e. The fourth-order valence-electron chi connectivity index (χ4n) is 0. The van der Waals surface area contributed by atoms with Crippen molar-refractivity contribution in [1.29, 1.82) is 0 Å². The maximum atomic E-state index is 8.25. The van der Waals surface area contributed by atoms with Crippen LogP contribution in [0.2, 0.25) is 0 Å². The average molecular weight is 193 g/mol. The molecule has 4 heavy (non-hydrogen) atoms. The average Bonchev–Trinajstić information content (AvgIpc) is 1.00. The molecule has 23 valence electrons. The van der Waals surface area contributed by atoms with Gasteiger partial charge in [0.15, 0.2) is 0 Å². The molecule has 0 bridgehead atoms. The molecule has 0 heterocycles. The second-order valence-electron chi connectivity index (χ2n) is 0. The SMILES string of the molecule is [Cu].[O]=[Ti].[Zn]. The summed E-state index contributed by atoms with van der Waals surface area (Å²) in [7, 11) is 0. The minimum Gasteiger partial charge on any atom is 0 e. The second kappa shape index (κ2) is 22.7. The van der Waals surface area contributed by atoms with Crippen LogP contribution in [-0.2, 0) is 60.3 Å². The van der Waals surface area contributed by atoms with Crippen molar-refractivity contribution in [3.8, 4) is 0 Å². The summed E-state index contributed by atoms with van der Waals surface area (Å²) in [5, 5.41) is 0. The van der Waals surface area contributed by atoms with E-state index in [1.54, 1.807) is 0 Å². The molecule has 0 saturated carbocycles. The monoisotopic (exact) mass is 191 g/mol. The van der Waals surface area contributed by atoms with E-state index in [1.807, 2.05) is 0 Å². The summed E-state index contributed by atoms with van der Waals surface area (Å²) >= 11 is 0.750. The Balaban J connectivity index is -0.00000000500. The van der Waals surface area contributed by atoms with Crippen LogP contribution in [0.4, 0.5) is 0 Å². The topological polar surface area (TPSA) is 17.1 Å². The van der Waals surface area contributed by atoms with Gasteiger partial charge in [-0.2, -0.15) is 0 Å². The Morgan fingerprint density at radius 1 is 1.25 bits per heavy atom. The molecule has 0 atom stereocenters. The van der Waals surface area contributed by atoms with E-state index in [4.69, 9.17) is 3.32 Å².